The van der Waals surface area contributed by atoms with Gasteiger partial charge in [0.1, 0.15) is 5.82 Å². The average molecular weight is 273 g/mol. The number of hydrogen-bond donors (Lipinski definition) is 2. The highest BCUT2D eigenvalue weighted by Crippen LogP contribution is 2.19. The van der Waals surface area contributed by atoms with Crippen molar-refractivity contribution < 1.29 is 9.18 Å². The van der Waals surface area contributed by atoms with Crippen molar-refractivity contribution in [2.45, 2.75) is 6.92 Å². The van der Waals surface area contributed by atoms with Gasteiger partial charge < -0.3 is 10.3 Å². The Labute approximate surface area is 117 Å². The van der Waals surface area contributed by atoms with Crippen LogP contribution >= 0.6 is 0 Å². The zero-order valence-corrected chi connectivity index (χ0v) is 11.4. The first-order valence-electron chi connectivity index (χ1n) is 6.14. The summed E-state index contributed by atoms with van der Waals surface area (Å²) < 4.78 is 12.9. The van der Waals surface area contributed by atoms with Gasteiger partial charge in [0.25, 0.3) is 5.91 Å². The molecule has 20 heavy (non-hydrogen) atoms. The largest absolute Gasteiger partial charge is 0.324 e. The number of nitrogens with two attached hydrogens (primary N) is 1. The van der Waals surface area contributed by atoms with Crippen LogP contribution in [-0.2, 0) is 0 Å². The van der Waals surface area contributed by atoms with Crippen LogP contribution in [0.5, 0.6) is 0 Å². The number of carbonyl (C=O) groups excluding carboxylic acids is 1. The molecule has 0 spiro atoms. The molecule has 0 unspecified atom stereocenters. The lowest BCUT2D eigenvalue weighted by molar-refractivity contribution is 0.0993. The van der Waals surface area contributed by atoms with Crippen LogP contribution in [0.1, 0.15) is 15.9 Å². The molecule has 3 N–H and O–H groups in total. The van der Waals surface area contributed by atoms with Gasteiger partial charge in [-0.2, -0.15) is 0 Å². The standard InChI is InChI=1S/C15H16FN3O/c1-10-9-11(3-8-14(10)18-17)15(20)19(2)13-6-4-12(16)5-7-13/h3-9,18H,17H2,1-2H3. The van der Waals surface area contributed by atoms with Crippen LogP contribution < -0.4 is 16.2 Å². The number of nitrogen functional groups attached to an aromatic ring is 1. The number of halogens is 1. The van der Waals surface area contributed by atoms with E-state index in [1.165, 1.54) is 17.0 Å². The Morgan fingerprint density at radius 1 is 1.20 bits per heavy atom. The summed E-state index contributed by atoms with van der Waals surface area (Å²) in [4.78, 5) is 13.8. The summed E-state index contributed by atoms with van der Waals surface area (Å²) in [5, 5.41) is 0. The van der Waals surface area contributed by atoms with E-state index in [2.05, 4.69) is 5.43 Å². The van der Waals surface area contributed by atoms with E-state index in [0.717, 1.165) is 11.3 Å². The lowest BCUT2D eigenvalue weighted by Crippen LogP contribution is -2.26. The van der Waals surface area contributed by atoms with Gasteiger partial charge in [0.2, 0.25) is 0 Å². The lowest BCUT2D eigenvalue weighted by atomic mass is 10.1. The van der Waals surface area contributed by atoms with Crippen LogP contribution in [0.2, 0.25) is 0 Å². The molecule has 0 aliphatic carbocycles. The van der Waals surface area contributed by atoms with Crippen molar-refractivity contribution >= 4 is 17.3 Å². The normalized spacial score (nSPS) is 10.2. The van der Waals surface area contributed by atoms with E-state index < -0.39 is 0 Å². The van der Waals surface area contributed by atoms with Crippen molar-refractivity contribution in [2.75, 3.05) is 17.4 Å². The van der Waals surface area contributed by atoms with Crippen LogP contribution in [0, 0.1) is 12.7 Å². The molecule has 0 saturated carbocycles. The van der Waals surface area contributed by atoms with Gasteiger partial charge in [0, 0.05) is 18.3 Å². The molecule has 0 bridgehead atoms. The molecule has 104 valence electrons. The van der Waals surface area contributed by atoms with Gasteiger partial charge in [-0.15, -0.1) is 0 Å². The van der Waals surface area contributed by atoms with Crippen molar-refractivity contribution in [2.24, 2.45) is 5.84 Å². The van der Waals surface area contributed by atoms with E-state index in [1.807, 2.05) is 6.92 Å². The Hall–Kier alpha value is -2.40. The molecule has 0 aliphatic rings. The summed E-state index contributed by atoms with van der Waals surface area (Å²) >= 11 is 0. The molecule has 2 aromatic rings. The van der Waals surface area contributed by atoms with Gasteiger partial charge >= 0.3 is 0 Å². The summed E-state index contributed by atoms with van der Waals surface area (Å²) in [6.07, 6.45) is 0. The third-order valence-electron chi connectivity index (χ3n) is 3.15. The number of carbonyl (C=O) groups is 1. The summed E-state index contributed by atoms with van der Waals surface area (Å²) in [5.74, 6) is 4.87. The molecule has 1 amide bonds. The monoisotopic (exact) mass is 273 g/mol. The Balaban J connectivity index is 2.26. The second-order valence-electron chi connectivity index (χ2n) is 4.51. The fraction of sp³-hybridized carbons (Fsp3) is 0.133. The van der Waals surface area contributed by atoms with E-state index in [1.54, 1.807) is 37.4 Å². The topological polar surface area (TPSA) is 58.4 Å². The minimum atomic E-state index is -0.330. The molecule has 0 heterocycles. The van der Waals surface area contributed by atoms with Crippen molar-refractivity contribution in [3.05, 3.63) is 59.4 Å². The van der Waals surface area contributed by atoms with Gasteiger partial charge in [0.15, 0.2) is 0 Å². The molecular formula is C15H16FN3O. The number of benzene rings is 2. The maximum Gasteiger partial charge on any atom is 0.258 e. The molecule has 0 radical (unpaired) electrons. The second kappa shape index (κ2) is 5.71. The Morgan fingerprint density at radius 3 is 2.40 bits per heavy atom. The third kappa shape index (κ3) is 2.78. The smallest absolute Gasteiger partial charge is 0.258 e. The van der Waals surface area contributed by atoms with E-state index in [0.29, 0.717) is 11.3 Å². The van der Waals surface area contributed by atoms with Gasteiger partial charge in [-0.05, 0) is 55.0 Å². The zero-order chi connectivity index (χ0) is 14.7. The highest BCUT2D eigenvalue weighted by Gasteiger charge is 2.14. The number of hydrazine groups is 1. The number of amides is 1. The molecular weight excluding hydrogens is 257 g/mol. The predicted molar refractivity (Wildman–Crippen MR) is 78.1 cm³/mol. The van der Waals surface area contributed by atoms with Crippen molar-refractivity contribution in [1.29, 1.82) is 0 Å². The van der Waals surface area contributed by atoms with Gasteiger partial charge in [-0.25, -0.2) is 4.39 Å². The molecule has 0 aromatic heterocycles. The Bertz CT molecular complexity index is 626. The molecule has 2 aromatic carbocycles. The number of rotatable bonds is 3. The van der Waals surface area contributed by atoms with E-state index in [-0.39, 0.29) is 11.7 Å². The Kier molecular flexibility index (Phi) is 4.00. The quantitative estimate of drug-likeness (QED) is 0.667. The summed E-state index contributed by atoms with van der Waals surface area (Å²) in [6.45, 7) is 1.86. The highest BCUT2D eigenvalue weighted by atomic mass is 19.1. The third-order valence-corrected chi connectivity index (χ3v) is 3.15. The number of nitrogens with one attached hydrogen (secondary N) is 1. The fourth-order valence-corrected chi connectivity index (χ4v) is 1.93. The van der Waals surface area contributed by atoms with Gasteiger partial charge in [-0.1, -0.05) is 0 Å². The summed E-state index contributed by atoms with van der Waals surface area (Å²) in [6, 6.07) is 11.0. The molecule has 5 heteroatoms. The number of aryl methyl sites for hydroxylation is 1. The molecule has 0 aliphatic heterocycles. The summed E-state index contributed by atoms with van der Waals surface area (Å²) in [7, 11) is 1.65. The van der Waals surface area contributed by atoms with Crippen LogP contribution in [-0.4, -0.2) is 13.0 Å². The van der Waals surface area contributed by atoms with Gasteiger partial charge in [0.05, 0.1) is 5.69 Å². The number of nitrogens with zero attached hydrogens (tertiary/aromatic N) is 1. The minimum Gasteiger partial charge on any atom is -0.324 e. The van der Waals surface area contributed by atoms with E-state index >= 15 is 0 Å². The molecule has 0 fully saturated rings. The van der Waals surface area contributed by atoms with Crippen LogP contribution in [0.25, 0.3) is 0 Å². The predicted octanol–water partition coefficient (Wildman–Crippen LogP) is 2.70. The second-order valence-corrected chi connectivity index (χ2v) is 4.51. The van der Waals surface area contributed by atoms with Crippen LogP contribution in [0.15, 0.2) is 42.5 Å². The molecule has 2 rings (SSSR count). The Morgan fingerprint density at radius 2 is 1.85 bits per heavy atom. The van der Waals surface area contributed by atoms with Crippen LogP contribution in [0.3, 0.4) is 0 Å². The molecule has 4 nitrogen and oxygen atoms in total. The number of anilines is 2. The molecule has 0 atom stereocenters. The summed E-state index contributed by atoms with van der Waals surface area (Å²) in [5.41, 5.74) is 5.40. The maximum absolute atomic E-state index is 12.9. The fourth-order valence-electron chi connectivity index (χ4n) is 1.93. The first-order chi connectivity index (χ1) is 9.52. The zero-order valence-electron chi connectivity index (χ0n) is 11.4. The van der Waals surface area contributed by atoms with E-state index in [9.17, 15) is 9.18 Å². The highest BCUT2D eigenvalue weighted by molar-refractivity contribution is 6.06. The first-order valence-corrected chi connectivity index (χ1v) is 6.14. The van der Waals surface area contributed by atoms with Crippen molar-refractivity contribution in [3.63, 3.8) is 0 Å². The van der Waals surface area contributed by atoms with Gasteiger partial charge in [-0.3, -0.25) is 10.6 Å². The maximum atomic E-state index is 12.9. The number of hydrogen-bond acceptors (Lipinski definition) is 3. The van der Waals surface area contributed by atoms with Crippen molar-refractivity contribution in [3.8, 4) is 0 Å². The van der Waals surface area contributed by atoms with Crippen LogP contribution in [0.4, 0.5) is 15.8 Å². The molecule has 0 saturated heterocycles. The minimum absolute atomic E-state index is 0.164. The average Bonchev–Trinajstić information content (AvgIpc) is 2.46. The van der Waals surface area contributed by atoms with Crippen molar-refractivity contribution in [1.82, 2.24) is 0 Å². The SMILES string of the molecule is Cc1cc(C(=O)N(C)c2ccc(F)cc2)ccc1NN. The van der Waals surface area contributed by atoms with E-state index in [4.69, 9.17) is 5.84 Å². The lowest BCUT2D eigenvalue weighted by Gasteiger charge is -2.18. The first kappa shape index (κ1) is 14.0.